The summed E-state index contributed by atoms with van der Waals surface area (Å²) in [5, 5.41) is 20.4. The van der Waals surface area contributed by atoms with Crippen molar-refractivity contribution < 1.29 is 42.9 Å². The van der Waals surface area contributed by atoms with Crippen molar-refractivity contribution in [3.63, 3.8) is 0 Å². The molecule has 1 saturated heterocycles. The number of nitrogens with one attached hydrogen (secondary N) is 1. The van der Waals surface area contributed by atoms with Crippen molar-refractivity contribution in [2.24, 2.45) is 5.73 Å². The lowest BCUT2D eigenvalue weighted by molar-refractivity contribution is 0.0700. The van der Waals surface area contributed by atoms with Crippen LogP contribution in [0.1, 0.15) is 26.3 Å². The van der Waals surface area contributed by atoms with Gasteiger partial charge in [0, 0.05) is 30.3 Å². The Morgan fingerprint density at radius 1 is 1.03 bits per heavy atom. The lowest BCUT2D eigenvalue weighted by Crippen LogP contribution is -2.46. The molecule has 10 nitrogen and oxygen atoms in total. The molecule has 1 fully saturated rings. The molecule has 12 heteroatoms. The molecule has 5 N–H and O–H groups in total. The lowest BCUT2D eigenvalue weighted by atomic mass is 10.00. The first-order valence-corrected chi connectivity index (χ1v) is 10.7. The number of amides is 2. The second kappa shape index (κ2) is 11.7. The van der Waals surface area contributed by atoms with Crippen LogP contribution >= 0.6 is 0 Å². The molecule has 2 aromatic carbocycles. The molecule has 2 atom stereocenters. The molecular formula is C23H25F2N3O7. The highest BCUT2D eigenvalue weighted by atomic mass is 19.2. The Morgan fingerprint density at radius 2 is 1.71 bits per heavy atom. The molecule has 35 heavy (non-hydrogen) atoms. The average molecular weight is 493 g/mol. The summed E-state index contributed by atoms with van der Waals surface area (Å²) in [5.74, 6) is -4.16. The van der Waals surface area contributed by atoms with E-state index < -0.39 is 47.1 Å². The van der Waals surface area contributed by atoms with Gasteiger partial charge in [0.15, 0.2) is 17.4 Å². The molecule has 0 aromatic heterocycles. The van der Waals surface area contributed by atoms with Gasteiger partial charge in [-0.3, -0.25) is 9.59 Å². The number of rotatable bonds is 10. The fourth-order valence-corrected chi connectivity index (χ4v) is 3.55. The van der Waals surface area contributed by atoms with E-state index in [1.54, 1.807) is 0 Å². The van der Waals surface area contributed by atoms with Crippen LogP contribution in [0.5, 0.6) is 5.75 Å². The quantitative estimate of drug-likeness (QED) is 0.283. The SMILES string of the molecule is N[C@@H]1CN(C(=O)O)C[C@H]1NC(=O)c1ccc(C(=O)c2c(OCCOCCO)ccc(F)c2F)cc1. The number of nitrogens with zero attached hydrogens (tertiary/aromatic N) is 1. The number of nitrogens with two attached hydrogens (primary N) is 1. The number of benzene rings is 2. The molecule has 0 unspecified atom stereocenters. The maximum absolute atomic E-state index is 14.5. The maximum Gasteiger partial charge on any atom is 0.407 e. The highest BCUT2D eigenvalue weighted by Crippen LogP contribution is 2.27. The summed E-state index contributed by atoms with van der Waals surface area (Å²) >= 11 is 0. The Morgan fingerprint density at radius 3 is 2.34 bits per heavy atom. The van der Waals surface area contributed by atoms with E-state index in [2.05, 4.69) is 5.32 Å². The number of carbonyl (C=O) groups is 3. The predicted octanol–water partition coefficient (Wildman–Crippen LogP) is 1.00. The first-order valence-electron chi connectivity index (χ1n) is 10.7. The lowest BCUT2D eigenvalue weighted by Gasteiger charge is -2.16. The first-order chi connectivity index (χ1) is 16.7. The summed E-state index contributed by atoms with van der Waals surface area (Å²) in [6.07, 6.45) is -1.13. The van der Waals surface area contributed by atoms with Crippen LogP contribution in [0.2, 0.25) is 0 Å². The van der Waals surface area contributed by atoms with E-state index in [4.69, 9.17) is 25.4 Å². The van der Waals surface area contributed by atoms with Gasteiger partial charge in [-0.1, -0.05) is 12.1 Å². The summed E-state index contributed by atoms with van der Waals surface area (Å²) < 4.78 is 38.8. The van der Waals surface area contributed by atoms with Gasteiger partial charge >= 0.3 is 6.09 Å². The normalized spacial score (nSPS) is 17.3. The number of ketones is 1. The molecule has 0 radical (unpaired) electrons. The zero-order valence-corrected chi connectivity index (χ0v) is 18.6. The van der Waals surface area contributed by atoms with Crippen LogP contribution in [0.4, 0.5) is 13.6 Å². The highest BCUT2D eigenvalue weighted by molar-refractivity contribution is 6.11. The molecule has 0 spiro atoms. The number of hydrogen-bond donors (Lipinski definition) is 4. The maximum atomic E-state index is 14.5. The molecule has 3 rings (SSSR count). The minimum absolute atomic E-state index is 0.0120. The first kappa shape index (κ1) is 26.0. The van der Waals surface area contributed by atoms with Gasteiger partial charge in [-0.15, -0.1) is 0 Å². The number of carbonyl (C=O) groups excluding carboxylic acids is 2. The van der Waals surface area contributed by atoms with Crippen LogP contribution in [0, 0.1) is 11.6 Å². The number of ether oxygens (including phenoxy) is 2. The number of halogens is 2. The molecule has 188 valence electrons. The second-order valence-electron chi connectivity index (χ2n) is 7.76. The third kappa shape index (κ3) is 6.29. The summed E-state index contributed by atoms with van der Waals surface area (Å²) in [6, 6.07) is 6.05. The van der Waals surface area contributed by atoms with E-state index in [-0.39, 0.29) is 56.4 Å². The minimum Gasteiger partial charge on any atom is -0.490 e. The van der Waals surface area contributed by atoms with E-state index in [0.29, 0.717) is 0 Å². The van der Waals surface area contributed by atoms with Crippen LogP contribution in [0.3, 0.4) is 0 Å². The van der Waals surface area contributed by atoms with Crippen molar-refractivity contribution in [1.29, 1.82) is 0 Å². The Balaban J connectivity index is 1.71. The molecule has 0 bridgehead atoms. The fraction of sp³-hybridized carbons (Fsp3) is 0.348. The van der Waals surface area contributed by atoms with Gasteiger partial charge in [0.2, 0.25) is 0 Å². The molecule has 0 aliphatic carbocycles. The average Bonchev–Trinajstić information content (AvgIpc) is 3.21. The minimum atomic E-state index is -1.37. The summed E-state index contributed by atoms with van der Waals surface area (Å²) in [7, 11) is 0. The molecule has 0 saturated carbocycles. The van der Waals surface area contributed by atoms with Gasteiger partial charge in [-0.05, 0) is 24.3 Å². The Hall–Kier alpha value is -3.61. The van der Waals surface area contributed by atoms with Crippen molar-refractivity contribution >= 4 is 17.8 Å². The molecular weight excluding hydrogens is 468 g/mol. The summed E-state index contributed by atoms with van der Waals surface area (Å²) in [4.78, 5) is 37.7. The highest BCUT2D eigenvalue weighted by Gasteiger charge is 2.34. The van der Waals surface area contributed by atoms with E-state index in [0.717, 1.165) is 17.0 Å². The molecule has 2 aromatic rings. The molecule has 1 heterocycles. The Kier molecular flexibility index (Phi) is 8.68. The van der Waals surface area contributed by atoms with Gasteiger partial charge in [0.25, 0.3) is 5.91 Å². The summed E-state index contributed by atoms with van der Waals surface area (Å²) in [6.45, 7) is 0.0316. The van der Waals surface area contributed by atoms with Crippen molar-refractivity contribution in [3.05, 3.63) is 64.7 Å². The number of aliphatic hydroxyl groups is 1. The molecule has 1 aliphatic rings. The number of aliphatic hydroxyl groups excluding tert-OH is 1. The Bertz CT molecular complexity index is 1080. The van der Waals surface area contributed by atoms with Gasteiger partial charge in [-0.25, -0.2) is 13.6 Å². The number of hydrogen-bond acceptors (Lipinski definition) is 7. The van der Waals surface area contributed by atoms with E-state index >= 15 is 0 Å². The van der Waals surface area contributed by atoms with Crippen LogP contribution in [0.25, 0.3) is 0 Å². The third-order valence-corrected chi connectivity index (χ3v) is 5.37. The van der Waals surface area contributed by atoms with Gasteiger partial charge < -0.3 is 35.6 Å². The van der Waals surface area contributed by atoms with Crippen LogP contribution in [0.15, 0.2) is 36.4 Å². The second-order valence-corrected chi connectivity index (χ2v) is 7.76. The fourth-order valence-electron chi connectivity index (χ4n) is 3.55. The molecule has 1 aliphatic heterocycles. The smallest absolute Gasteiger partial charge is 0.407 e. The zero-order chi connectivity index (χ0) is 25.5. The molecule has 2 amide bonds. The van der Waals surface area contributed by atoms with Crippen molar-refractivity contribution in [2.45, 2.75) is 12.1 Å². The predicted molar refractivity (Wildman–Crippen MR) is 118 cm³/mol. The third-order valence-electron chi connectivity index (χ3n) is 5.37. The van der Waals surface area contributed by atoms with Gasteiger partial charge in [0.1, 0.15) is 17.9 Å². The number of likely N-dealkylation sites (tertiary alicyclic amines) is 1. The van der Waals surface area contributed by atoms with Crippen LogP contribution < -0.4 is 15.8 Å². The van der Waals surface area contributed by atoms with Crippen molar-refractivity contribution in [1.82, 2.24) is 10.2 Å². The van der Waals surface area contributed by atoms with Gasteiger partial charge in [-0.2, -0.15) is 0 Å². The summed E-state index contributed by atoms with van der Waals surface area (Å²) in [5.41, 5.74) is 5.45. The van der Waals surface area contributed by atoms with Crippen LogP contribution in [-0.2, 0) is 4.74 Å². The van der Waals surface area contributed by atoms with Crippen molar-refractivity contribution in [2.75, 3.05) is 39.5 Å². The van der Waals surface area contributed by atoms with Gasteiger partial charge in [0.05, 0.1) is 25.9 Å². The van der Waals surface area contributed by atoms with E-state index in [9.17, 15) is 23.2 Å². The number of carboxylic acid groups (broad SMARTS) is 1. The largest absolute Gasteiger partial charge is 0.490 e. The van der Waals surface area contributed by atoms with E-state index in [1.807, 2.05) is 0 Å². The van der Waals surface area contributed by atoms with Crippen LogP contribution in [-0.4, -0.2) is 84.5 Å². The Labute approximate surface area is 199 Å². The monoisotopic (exact) mass is 493 g/mol. The topological polar surface area (TPSA) is 151 Å². The zero-order valence-electron chi connectivity index (χ0n) is 18.6. The van der Waals surface area contributed by atoms with Crippen molar-refractivity contribution in [3.8, 4) is 5.75 Å². The van der Waals surface area contributed by atoms with E-state index in [1.165, 1.54) is 24.3 Å². The standard InChI is InChI=1S/C23H25F2N3O7/c24-15-5-6-18(35-10-9-34-8-7-29)19(20(15)25)21(30)13-1-3-14(4-2-13)22(31)27-17-12-28(23(32)33)11-16(17)26/h1-6,16-17,29H,7-12,26H2,(H,27,31)(H,32,33)/t16-,17-/m1/s1.